The molecule has 3 rings (SSSR count). The molecule has 26 heteroatoms. The van der Waals surface area contributed by atoms with Crippen LogP contribution >= 0.6 is 7.82 Å². The number of allylic oxidation sites excluding steroid dienone is 4. The van der Waals surface area contributed by atoms with Crippen molar-refractivity contribution in [3.63, 3.8) is 0 Å². The Hall–Kier alpha value is -3.05. The van der Waals surface area contributed by atoms with Gasteiger partial charge in [0.1, 0.15) is 92.6 Å². The molecule has 1 aliphatic carbocycles. The minimum atomic E-state index is -5.81. The summed E-state index contributed by atoms with van der Waals surface area (Å²) in [5.41, 5.74) is 0. The zero-order valence-electron chi connectivity index (χ0n) is 75.1. The summed E-state index contributed by atoms with van der Waals surface area (Å²) in [6, 6.07) is 0. The summed E-state index contributed by atoms with van der Waals surface area (Å²) >= 11 is 0. The number of hydrogen-bond donors (Lipinski definition) is 10. The van der Waals surface area contributed by atoms with Crippen molar-refractivity contribution in [2.75, 3.05) is 26.4 Å². The maximum atomic E-state index is 14.9. The largest absolute Gasteiger partial charge is 0.472 e. The fraction of sp³-hybridized carbons (Fsp3) is 0.915. The number of carbonyl (C=O) groups excluding carboxylic acids is 4. The van der Waals surface area contributed by atoms with Crippen molar-refractivity contribution >= 4 is 31.7 Å². The molecule has 0 amide bonds. The van der Waals surface area contributed by atoms with Gasteiger partial charge in [-0.2, -0.15) is 0 Å². The number of phosphoric acid groups is 1. The smallest absolute Gasteiger partial charge is 0.463 e. The Morgan fingerprint density at radius 1 is 0.325 bits per heavy atom. The van der Waals surface area contributed by atoms with Gasteiger partial charge in [-0.1, -0.05) is 341 Å². The van der Waals surface area contributed by atoms with Crippen LogP contribution in [0.3, 0.4) is 0 Å². The molecule has 3 aliphatic rings. The summed E-state index contributed by atoms with van der Waals surface area (Å²) in [6.45, 7) is 5.61. The summed E-state index contributed by atoms with van der Waals surface area (Å²) in [7, 11) is -5.81. The molecule has 25 nitrogen and oxygen atoms in total. The molecule has 3 fully saturated rings. The minimum absolute atomic E-state index is 0.00929. The number of ether oxygens (including phenoxy) is 8. The Morgan fingerprint density at radius 3 is 1.00 bits per heavy atom. The first kappa shape index (κ1) is 111. The number of aliphatic hydroxyl groups is 9. The van der Waals surface area contributed by atoms with Crippen molar-refractivity contribution in [2.24, 2.45) is 0 Å². The third-order valence-electron chi connectivity index (χ3n) is 23.7. The monoisotopic (exact) mass is 1730 g/mol. The highest BCUT2D eigenvalue weighted by atomic mass is 31.2. The minimum Gasteiger partial charge on any atom is -0.463 e. The lowest BCUT2D eigenvalue weighted by molar-refractivity contribution is -0.360. The molecule has 0 aromatic heterocycles. The first-order valence-corrected chi connectivity index (χ1v) is 50.1. The highest BCUT2D eigenvalue weighted by Crippen LogP contribution is 2.49. The summed E-state index contributed by atoms with van der Waals surface area (Å²) in [5.74, 6) is -2.96. The van der Waals surface area contributed by atoms with E-state index in [9.17, 15) is 74.6 Å². The number of unbranched alkanes of at least 4 members (excludes halogenated alkanes) is 51. The van der Waals surface area contributed by atoms with Crippen LogP contribution in [0.15, 0.2) is 24.3 Å². The van der Waals surface area contributed by atoms with Gasteiger partial charge >= 0.3 is 31.7 Å². The van der Waals surface area contributed by atoms with E-state index in [1.807, 2.05) is 0 Å². The van der Waals surface area contributed by atoms with Crippen molar-refractivity contribution in [1.29, 1.82) is 0 Å². The van der Waals surface area contributed by atoms with Crippen LogP contribution in [0.2, 0.25) is 0 Å². The SMILES string of the molecule is CCCCCC/C=C\CCCCCCCCCC(=O)OCC1OC(OC2C(OC(=O)CCCCCCCCC/C=C\CCCCCC)C(O)C(O)C(OC3OC(CO)C(O)C(O)C3O)C2OP(=O)(O)OCC(COC(=O)CCCCCCCCCCCCCCCCC)OC(=O)CCCCCCCCCCCCCCCCCC)C(O)C(O)C1O. The van der Waals surface area contributed by atoms with Crippen molar-refractivity contribution in [1.82, 2.24) is 0 Å². The van der Waals surface area contributed by atoms with Gasteiger partial charge in [0, 0.05) is 25.7 Å². The average molecular weight is 1730 g/mol. The van der Waals surface area contributed by atoms with Crippen LogP contribution in [0.4, 0.5) is 0 Å². The van der Waals surface area contributed by atoms with Gasteiger partial charge in [0.15, 0.2) is 24.8 Å². The van der Waals surface area contributed by atoms with E-state index in [1.54, 1.807) is 0 Å². The molecule has 2 saturated heterocycles. The van der Waals surface area contributed by atoms with Gasteiger partial charge < -0.3 is 88.7 Å². The summed E-state index contributed by atoms with van der Waals surface area (Å²) < 4.78 is 73.5. The van der Waals surface area contributed by atoms with Crippen LogP contribution < -0.4 is 0 Å². The lowest BCUT2D eigenvalue weighted by Crippen LogP contribution is -2.70. The van der Waals surface area contributed by atoms with Gasteiger partial charge in [-0.3, -0.25) is 28.2 Å². The summed E-state index contributed by atoms with van der Waals surface area (Å²) in [5, 5.41) is 102. The van der Waals surface area contributed by atoms with Crippen molar-refractivity contribution in [3.8, 4) is 0 Å². The number of hydrogen-bond acceptors (Lipinski definition) is 24. The second-order valence-electron chi connectivity index (χ2n) is 34.6. The maximum Gasteiger partial charge on any atom is 0.472 e. The Labute approximate surface area is 724 Å². The molecule has 0 aromatic carbocycles. The molecular formula is C94H173O25P. The average Bonchev–Trinajstić information content (AvgIpc) is 0.731. The Morgan fingerprint density at radius 2 is 0.625 bits per heavy atom. The van der Waals surface area contributed by atoms with Gasteiger partial charge in [0.25, 0.3) is 0 Å². The van der Waals surface area contributed by atoms with Crippen LogP contribution in [0, 0.1) is 0 Å². The van der Waals surface area contributed by atoms with Crippen LogP contribution in [0.25, 0.3) is 0 Å². The highest BCUT2D eigenvalue weighted by molar-refractivity contribution is 7.47. The zero-order chi connectivity index (χ0) is 87.5. The van der Waals surface area contributed by atoms with Crippen LogP contribution in [-0.2, 0) is 70.7 Å². The summed E-state index contributed by atoms with van der Waals surface area (Å²) in [6.07, 6.45) is 34.3. The molecule has 0 aromatic rings. The molecule has 18 atom stereocenters. The van der Waals surface area contributed by atoms with E-state index in [2.05, 4.69) is 52.0 Å². The van der Waals surface area contributed by atoms with Gasteiger partial charge in [-0.05, 0) is 77.0 Å². The van der Waals surface area contributed by atoms with Crippen LogP contribution in [0.1, 0.15) is 419 Å². The Balaban J connectivity index is 1.91. The first-order valence-electron chi connectivity index (χ1n) is 48.6. The number of phosphoric ester groups is 1. The lowest BCUT2D eigenvalue weighted by atomic mass is 9.84. The molecular weight excluding hydrogens is 1560 g/mol. The number of carbonyl (C=O) groups is 4. The lowest BCUT2D eigenvalue weighted by Gasteiger charge is -2.50. The topological polar surface area (TPSA) is 380 Å². The van der Waals surface area contributed by atoms with E-state index in [0.29, 0.717) is 32.1 Å². The second kappa shape index (κ2) is 72.9. The quantitative estimate of drug-likeness (QED) is 0.00889. The molecule has 120 heavy (non-hydrogen) atoms. The first-order chi connectivity index (χ1) is 58.2. The van der Waals surface area contributed by atoms with E-state index < -0.39 is 162 Å². The standard InChI is InChI=1S/C94H173O25P/c1-5-9-13-17-21-25-29-33-37-41-45-48-52-56-60-64-68-79(98)113-74(71-110-77(96)66-62-58-54-50-46-42-38-34-30-26-22-18-14-10-6-2)72-112-120(108,109)119-92-90(117-93-87(106)83(102)81(100)75(70-95)114-93)86(105)85(104)89(116-80(99)69-65-61-57-53-49-44-40-36-32-28-24-20-16-12-8-4)91(92)118-94-88(107)84(103)82(101)76(115-94)73-111-78(97)67-63-59-55-51-47-43-39-35-31-27-23-19-15-11-7-3/h27-28,31-32,74-76,81-95,100-107H,5-26,29-30,33-73H2,1-4H3,(H,108,109)/b31-27-,32-28-. The van der Waals surface area contributed by atoms with Gasteiger partial charge in [0.2, 0.25) is 0 Å². The van der Waals surface area contributed by atoms with Gasteiger partial charge in [-0.15, -0.1) is 0 Å². The van der Waals surface area contributed by atoms with Gasteiger partial charge in [0.05, 0.1) is 13.2 Å². The Bertz CT molecular complexity index is 2580. The molecule has 0 radical (unpaired) electrons. The fourth-order valence-corrected chi connectivity index (χ4v) is 16.9. The van der Waals surface area contributed by atoms with Gasteiger partial charge in [-0.25, -0.2) is 4.57 Å². The fourth-order valence-electron chi connectivity index (χ4n) is 16.0. The van der Waals surface area contributed by atoms with E-state index >= 15 is 0 Å². The molecule has 0 spiro atoms. The summed E-state index contributed by atoms with van der Waals surface area (Å²) in [4.78, 5) is 66.6. The van der Waals surface area contributed by atoms with Crippen molar-refractivity contribution < 1.29 is 122 Å². The second-order valence-corrected chi connectivity index (χ2v) is 36.0. The predicted molar refractivity (Wildman–Crippen MR) is 467 cm³/mol. The molecule has 10 N–H and O–H groups in total. The van der Waals surface area contributed by atoms with E-state index in [0.717, 1.165) is 161 Å². The number of esters is 4. The molecule has 0 bridgehead atoms. The zero-order valence-corrected chi connectivity index (χ0v) is 76.0. The molecule has 2 heterocycles. The van der Waals surface area contributed by atoms with E-state index in [1.165, 1.54) is 173 Å². The van der Waals surface area contributed by atoms with Crippen LogP contribution in [0.5, 0.6) is 0 Å². The Kier molecular flexibility index (Phi) is 67.5. The molecule has 704 valence electrons. The number of rotatable bonds is 79. The van der Waals surface area contributed by atoms with Crippen molar-refractivity contribution in [3.05, 3.63) is 24.3 Å². The maximum absolute atomic E-state index is 14.9. The molecule has 18 unspecified atom stereocenters. The highest BCUT2D eigenvalue weighted by Gasteiger charge is 2.60. The molecule has 1 saturated carbocycles. The predicted octanol–water partition coefficient (Wildman–Crippen LogP) is 18.5. The normalized spacial score (nSPS) is 24.8. The number of aliphatic hydroxyl groups excluding tert-OH is 9. The van der Waals surface area contributed by atoms with E-state index in [4.69, 9.17) is 46.9 Å². The molecule has 2 aliphatic heterocycles. The van der Waals surface area contributed by atoms with Crippen LogP contribution in [-0.4, -0.2) is 205 Å². The van der Waals surface area contributed by atoms with Crippen molar-refractivity contribution in [2.45, 2.75) is 524 Å². The van der Waals surface area contributed by atoms with E-state index in [-0.39, 0.29) is 25.7 Å². The third-order valence-corrected chi connectivity index (χ3v) is 24.7. The third kappa shape index (κ3) is 52.3.